The summed E-state index contributed by atoms with van der Waals surface area (Å²) in [6, 6.07) is 13.6. The summed E-state index contributed by atoms with van der Waals surface area (Å²) in [7, 11) is -2.17. The highest BCUT2D eigenvalue weighted by molar-refractivity contribution is 7.90. The number of halogens is 1. The van der Waals surface area contributed by atoms with Crippen LogP contribution < -0.4 is 4.74 Å². The van der Waals surface area contributed by atoms with Gasteiger partial charge >= 0.3 is 0 Å². The fourth-order valence-corrected chi connectivity index (χ4v) is 5.50. The van der Waals surface area contributed by atoms with Crippen molar-refractivity contribution in [1.29, 1.82) is 0 Å². The fraction of sp³-hybridized carbons (Fsp3) is 0.385. The molecular formula is C26H32ClN3O4S. The van der Waals surface area contributed by atoms with Crippen LogP contribution in [0.25, 0.3) is 0 Å². The molecule has 188 valence electrons. The summed E-state index contributed by atoms with van der Waals surface area (Å²) in [6.07, 6.45) is 1.56. The third kappa shape index (κ3) is 6.64. The molecule has 35 heavy (non-hydrogen) atoms. The Morgan fingerprint density at radius 1 is 1.11 bits per heavy atom. The Kier molecular flexibility index (Phi) is 8.61. The van der Waals surface area contributed by atoms with Crippen LogP contribution in [0, 0.1) is 5.92 Å². The average Bonchev–Trinajstić information content (AvgIpc) is 3.19. The molecule has 3 aromatic rings. The summed E-state index contributed by atoms with van der Waals surface area (Å²) in [4.78, 5) is 19.4. The van der Waals surface area contributed by atoms with Crippen molar-refractivity contribution in [2.45, 2.75) is 57.7 Å². The molecule has 2 aromatic carbocycles. The minimum Gasteiger partial charge on any atom is -0.497 e. The zero-order chi connectivity index (χ0) is 25.8. The van der Waals surface area contributed by atoms with Crippen LogP contribution in [0.1, 0.15) is 49.3 Å². The van der Waals surface area contributed by atoms with Crippen LogP contribution in [-0.2, 0) is 28.7 Å². The molecule has 1 heterocycles. The molecule has 0 aliphatic carbocycles. The molecule has 3 rings (SSSR count). The Bertz CT molecular complexity index is 1270. The fourth-order valence-electron chi connectivity index (χ4n) is 3.80. The topological polar surface area (TPSA) is 81.5 Å². The molecule has 1 aromatic heterocycles. The molecule has 0 aliphatic rings. The number of ether oxygens (including phenoxy) is 1. The van der Waals surface area contributed by atoms with Gasteiger partial charge in [0, 0.05) is 23.2 Å². The van der Waals surface area contributed by atoms with Crippen LogP contribution in [0.2, 0.25) is 5.02 Å². The summed E-state index contributed by atoms with van der Waals surface area (Å²) < 4.78 is 33.6. The number of aromatic nitrogens is 2. The number of benzene rings is 2. The number of carbonyl (C=O) groups excluding carboxylic acids is 1. The molecule has 0 saturated carbocycles. The first-order valence-corrected chi connectivity index (χ1v) is 13.5. The van der Waals surface area contributed by atoms with E-state index in [0.29, 0.717) is 34.1 Å². The summed E-state index contributed by atoms with van der Waals surface area (Å²) in [6.45, 7) is 8.58. The van der Waals surface area contributed by atoms with Gasteiger partial charge in [0.2, 0.25) is 15.0 Å². The maximum absolute atomic E-state index is 13.3. The van der Waals surface area contributed by atoms with Crippen molar-refractivity contribution >= 4 is 27.3 Å². The second kappa shape index (κ2) is 11.3. The van der Waals surface area contributed by atoms with Crippen molar-refractivity contribution in [2.75, 3.05) is 7.11 Å². The largest absolute Gasteiger partial charge is 0.497 e. The van der Waals surface area contributed by atoms with Crippen LogP contribution >= 0.6 is 11.6 Å². The average molecular weight is 518 g/mol. The van der Waals surface area contributed by atoms with E-state index in [4.69, 9.17) is 16.3 Å². The van der Waals surface area contributed by atoms with Gasteiger partial charge in [-0.15, -0.1) is 0 Å². The lowest BCUT2D eigenvalue weighted by Gasteiger charge is -2.28. The lowest BCUT2D eigenvalue weighted by atomic mass is 10.1. The van der Waals surface area contributed by atoms with Gasteiger partial charge in [0.25, 0.3) is 5.91 Å². The quantitative estimate of drug-likeness (QED) is 0.368. The number of nitrogens with zero attached hydrogens (tertiary/aromatic N) is 3. The molecular weight excluding hydrogens is 486 g/mol. The summed E-state index contributed by atoms with van der Waals surface area (Å²) in [5.74, 6) is 0.485. The summed E-state index contributed by atoms with van der Waals surface area (Å²) in [5, 5.41) is 0.482. The Labute approximate surface area is 212 Å². The molecule has 7 nitrogen and oxygen atoms in total. The maximum Gasteiger partial charge on any atom is 0.254 e. The molecule has 0 atom stereocenters. The highest BCUT2D eigenvalue weighted by Crippen LogP contribution is 2.23. The van der Waals surface area contributed by atoms with E-state index in [0.717, 1.165) is 0 Å². The van der Waals surface area contributed by atoms with E-state index in [1.54, 1.807) is 71.3 Å². The van der Waals surface area contributed by atoms with Gasteiger partial charge in [0.05, 0.1) is 31.3 Å². The molecule has 0 radical (unpaired) electrons. The highest BCUT2D eigenvalue weighted by Gasteiger charge is 2.27. The molecule has 0 unspecified atom stereocenters. The van der Waals surface area contributed by atoms with E-state index in [1.807, 2.05) is 27.7 Å². The van der Waals surface area contributed by atoms with Gasteiger partial charge < -0.3 is 14.2 Å². The smallest absolute Gasteiger partial charge is 0.254 e. The molecule has 0 bridgehead atoms. The van der Waals surface area contributed by atoms with Crippen molar-refractivity contribution < 1.29 is 17.9 Å². The van der Waals surface area contributed by atoms with Crippen LogP contribution in [0.5, 0.6) is 5.75 Å². The van der Waals surface area contributed by atoms with E-state index < -0.39 is 9.84 Å². The Morgan fingerprint density at radius 3 is 2.37 bits per heavy atom. The number of methoxy groups -OCH3 is 1. The van der Waals surface area contributed by atoms with E-state index in [9.17, 15) is 13.2 Å². The number of carbonyl (C=O) groups is 1. The van der Waals surface area contributed by atoms with Crippen molar-refractivity contribution in [3.8, 4) is 5.75 Å². The predicted molar refractivity (Wildman–Crippen MR) is 137 cm³/mol. The van der Waals surface area contributed by atoms with Crippen molar-refractivity contribution in [3.05, 3.63) is 76.6 Å². The van der Waals surface area contributed by atoms with Crippen molar-refractivity contribution in [2.24, 2.45) is 5.92 Å². The van der Waals surface area contributed by atoms with Gasteiger partial charge in [0.1, 0.15) is 5.75 Å². The number of hydrogen-bond acceptors (Lipinski definition) is 5. The van der Waals surface area contributed by atoms with Gasteiger partial charge in [-0.1, -0.05) is 37.6 Å². The molecule has 0 N–H and O–H groups in total. The van der Waals surface area contributed by atoms with Crippen LogP contribution in [0.15, 0.2) is 59.9 Å². The predicted octanol–water partition coefficient (Wildman–Crippen LogP) is 5.23. The number of rotatable bonds is 10. The SMILES string of the molecule is COc1ccc(C(=O)N(Cc2cnc(S(=O)(=O)Cc3cccc(Cl)c3)n2CC(C)C)C(C)C)cc1. The Hall–Kier alpha value is -2.84. The normalized spacial score (nSPS) is 11.8. The van der Waals surface area contributed by atoms with Crippen LogP contribution in [0.4, 0.5) is 0 Å². The number of amides is 1. The van der Waals surface area contributed by atoms with E-state index in [1.165, 1.54) is 0 Å². The standard InChI is InChI=1S/C26H32ClN3O4S/c1-18(2)15-30-23(14-28-26(30)35(32,33)17-20-7-6-8-22(27)13-20)16-29(19(3)4)25(31)21-9-11-24(34-5)12-10-21/h6-14,18-19H,15-17H2,1-5H3. The van der Waals surface area contributed by atoms with E-state index in [2.05, 4.69) is 4.98 Å². The lowest BCUT2D eigenvalue weighted by Crippen LogP contribution is -2.37. The maximum atomic E-state index is 13.3. The monoisotopic (exact) mass is 517 g/mol. The van der Waals surface area contributed by atoms with E-state index >= 15 is 0 Å². The number of imidazole rings is 1. The van der Waals surface area contributed by atoms with Crippen molar-refractivity contribution in [3.63, 3.8) is 0 Å². The second-order valence-electron chi connectivity index (χ2n) is 9.18. The second-order valence-corrected chi connectivity index (χ2v) is 11.5. The zero-order valence-electron chi connectivity index (χ0n) is 20.7. The molecule has 0 saturated heterocycles. The third-order valence-corrected chi connectivity index (χ3v) is 7.36. The first-order valence-electron chi connectivity index (χ1n) is 11.5. The van der Waals surface area contributed by atoms with Crippen molar-refractivity contribution in [1.82, 2.24) is 14.5 Å². The zero-order valence-corrected chi connectivity index (χ0v) is 22.3. The summed E-state index contributed by atoms with van der Waals surface area (Å²) >= 11 is 6.05. The van der Waals surface area contributed by atoms with Gasteiger partial charge in [0.15, 0.2) is 0 Å². The Balaban J connectivity index is 1.95. The number of sulfone groups is 1. The van der Waals surface area contributed by atoms with Crippen LogP contribution in [-0.4, -0.2) is 41.9 Å². The van der Waals surface area contributed by atoms with Gasteiger partial charge in [-0.25, -0.2) is 13.4 Å². The molecule has 9 heteroatoms. The summed E-state index contributed by atoms with van der Waals surface area (Å²) in [5.41, 5.74) is 1.79. The van der Waals surface area contributed by atoms with Gasteiger partial charge in [-0.05, 0) is 61.7 Å². The van der Waals surface area contributed by atoms with Crippen LogP contribution in [0.3, 0.4) is 0 Å². The Morgan fingerprint density at radius 2 is 1.80 bits per heavy atom. The first kappa shape index (κ1) is 26.8. The van der Waals surface area contributed by atoms with Gasteiger partial charge in [-0.2, -0.15) is 0 Å². The molecule has 0 aliphatic heterocycles. The minimum atomic E-state index is -3.75. The number of hydrogen-bond donors (Lipinski definition) is 0. The molecule has 0 fully saturated rings. The lowest BCUT2D eigenvalue weighted by molar-refractivity contribution is 0.0685. The molecule has 0 spiro atoms. The van der Waals surface area contributed by atoms with Gasteiger partial charge in [-0.3, -0.25) is 4.79 Å². The highest BCUT2D eigenvalue weighted by atomic mass is 35.5. The first-order chi connectivity index (χ1) is 16.5. The molecule has 1 amide bonds. The minimum absolute atomic E-state index is 0.00165. The van der Waals surface area contributed by atoms with E-state index in [-0.39, 0.29) is 35.3 Å². The third-order valence-electron chi connectivity index (χ3n) is 5.53.